The molecule has 2 aromatic carbocycles. The lowest BCUT2D eigenvalue weighted by Crippen LogP contribution is -1.99. The predicted octanol–water partition coefficient (Wildman–Crippen LogP) is 9.59. The third-order valence-electron chi connectivity index (χ3n) is 5.66. The Kier molecular flexibility index (Phi) is 8.02. The molecule has 0 fully saturated rings. The van der Waals surface area contributed by atoms with Gasteiger partial charge in [0.05, 0.1) is 31.3 Å². The van der Waals surface area contributed by atoms with E-state index in [1.165, 1.54) is 22.3 Å². The molecule has 3 nitrogen and oxygen atoms in total. The van der Waals surface area contributed by atoms with Crippen LogP contribution in [0.1, 0.15) is 50.2 Å². The number of hydrogen-bond donors (Lipinski definition) is 0. The third kappa shape index (κ3) is 5.80. The van der Waals surface area contributed by atoms with Crippen molar-refractivity contribution in [3.05, 3.63) is 69.0 Å². The summed E-state index contributed by atoms with van der Waals surface area (Å²) < 4.78 is 3.14. The second kappa shape index (κ2) is 10.7. The lowest BCUT2D eigenvalue weighted by Gasteiger charge is -2.10. The first kappa shape index (κ1) is 26.3. The zero-order chi connectivity index (χ0) is 25.4. The number of benzene rings is 2. The van der Waals surface area contributed by atoms with Gasteiger partial charge in [0.2, 0.25) is 5.13 Å². The molecule has 0 amide bonds. The predicted molar refractivity (Wildman–Crippen MR) is 154 cm³/mol. The fourth-order valence-electron chi connectivity index (χ4n) is 4.35. The van der Waals surface area contributed by atoms with Gasteiger partial charge in [-0.25, -0.2) is 9.67 Å². The summed E-state index contributed by atoms with van der Waals surface area (Å²) in [6, 6.07) is 12.6. The Hall–Kier alpha value is -1.79. The molecule has 0 aliphatic carbocycles. The molecular weight excluding hydrogens is 513 g/mol. The van der Waals surface area contributed by atoms with E-state index in [9.17, 15) is 0 Å². The van der Waals surface area contributed by atoms with Gasteiger partial charge in [-0.15, -0.1) is 11.8 Å². The molecule has 2 aromatic heterocycles. The first-order chi connectivity index (χ1) is 16.5. The van der Waals surface area contributed by atoms with Crippen LogP contribution in [0.3, 0.4) is 0 Å². The highest BCUT2D eigenvalue weighted by atomic mass is 35.5. The summed E-state index contributed by atoms with van der Waals surface area (Å²) in [6.07, 6.45) is 1.07. The van der Waals surface area contributed by atoms with Crippen molar-refractivity contribution >= 4 is 46.3 Å². The van der Waals surface area contributed by atoms with Crippen LogP contribution in [0.25, 0.3) is 27.5 Å². The topological polar surface area (TPSA) is 30.7 Å². The summed E-state index contributed by atoms with van der Waals surface area (Å²) in [5, 5.41) is 7.30. The van der Waals surface area contributed by atoms with E-state index < -0.39 is 0 Å². The monoisotopic (exact) mass is 543 g/mol. The van der Waals surface area contributed by atoms with Crippen molar-refractivity contribution in [3.8, 4) is 27.5 Å². The molecule has 0 saturated heterocycles. The Balaban J connectivity index is 1.82. The lowest BCUT2D eigenvalue weighted by atomic mass is 9.95. The second-order valence-electron chi connectivity index (χ2n) is 9.69. The van der Waals surface area contributed by atoms with E-state index in [2.05, 4.69) is 66.7 Å². The average molecular weight is 545 g/mol. The maximum atomic E-state index is 6.34. The van der Waals surface area contributed by atoms with Crippen LogP contribution in [0.2, 0.25) is 10.0 Å². The van der Waals surface area contributed by atoms with Crippen LogP contribution < -0.4 is 0 Å². The van der Waals surface area contributed by atoms with Gasteiger partial charge in [0.15, 0.2) is 0 Å². The molecule has 4 aromatic rings. The van der Waals surface area contributed by atoms with Crippen LogP contribution in [0.15, 0.2) is 40.6 Å². The normalized spacial score (nSPS) is 11.7. The molecule has 0 aliphatic heterocycles. The Morgan fingerprint density at radius 3 is 2.34 bits per heavy atom. The summed E-state index contributed by atoms with van der Waals surface area (Å²) in [5.41, 5.74) is 9.04. The highest BCUT2D eigenvalue weighted by Gasteiger charge is 2.21. The van der Waals surface area contributed by atoms with Crippen molar-refractivity contribution in [3.63, 3.8) is 0 Å². The molecule has 0 bridgehead atoms. The van der Waals surface area contributed by atoms with Gasteiger partial charge in [0.25, 0.3) is 0 Å². The van der Waals surface area contributed by atoms with E-state index in [-0.39, 0.29) is 0 Å². The molecule has 0 unspecified atom stereocenters. The van der Waals surface area contributed by atoms with Gasteiger partial charge in [-0.2, -0.15) is 5.10 Å². The Bertz CT molecular complexity index is 1370. The van der Waals surface area contributed by atoms with E-state index in [0.29, 0.717) is 21.2 Å². The number of thiazole rings is 1. The number of aryl methyl sites for hydroxylation is 2. The highest BCUT2D eigenvalue weighted by molar-refractivity contribution is 8.01. The van der Waals surface area contributed by atoms with E-state index >= 15 is 0 Å². The molecule has 4 rings (SSSR count). The fourth-order valence-corrected chi connectivity index (χ4v) is 7.17. The molecule has 0 atom stereocenters. The number of thioether (sulfide) groups is 1. The fraction of sp³-hybridized carbons (Fsp3) is 0.357. The van der Waals surface area contributed by atoms with Crippen LogP contribution in [0.4, 0.5) is 0 Å². The van der Waals surface area contributed by atoms with Gasteiger partial charge in [-0.3, -0.25) is 0 Å². The van der Waals surface area contributed by atoms with Crippen LogP contribution in [0, 0.1) is 26.7 Å². The minimum atomic E-state index is 0.424. The molecule has 0 spiro atoms. The van der Waals surface area contributed by atoms with Gasteiger partial charge >= 0.3 is 0 Å². The van der Waals surface area contributed by atoms with Gasteiger partial charge in [0.1, 0.15) is 0 Å². The molecular formula is C28H31Cl2N3S2. The lowest BCUT2D eigenvalue weighted by molar-refractivity contribution is 0.647. The van der Waals surface area contributed by atoms with Crippen LogP contribution in [0.5, 0.6) is 0 Å². The molecule has 2 heterocycles. The largest absolute Gasteiger partial charge is 0.217 e. The number of aromatic nitrogens is 3. The molecule has 184 valence electrons. The molecule has 0 aliphatic rings. The Morgan fingerprint density at radius 1 is 0.943 bits per heavy atom. The molecule has 35 heavy (non-hydrogen) atoms. The van der Waals surface area contributed by atoms with E-state index in [0.717, 1.165) is 38.4 Å². The first-order valence-electron chi connectivity index (χ1n) is 11.8. The number of rotatable bonds is 7. The van der Waals surface area contributed by atoms with Crippen LogP contribution >= 0.6 is 46.3 Å². The van der Waals surface area contributed by atoms with Crippen molar-refractivity contribution in [2.45, 2.75) is 64.3 Å². The summed E-state index contributed by atoms with van der Waals surface area (Å²) in [6.45, 7) is 15.3. The summed E-state index contributed by atoms with van der Waals surface area (Å²) in [4.78, 5) is 5.05. The number of nitrogens with zero attached hydrogens (tertiary/aromatic N) is 3. The quantitative estimate of drug-likeness (QED) is 0.217. The number of halogens is 2. The Labute approximate surface area is 226 Å². The van der Waals surface area contributed by atoms with E-state index in [1.807, 2.05) is 34.6 Å². The van der Waals surface area contributed by atoms with Crippen molar-refractivity contribution in [1.82, 2.24) is 14.8 Å². The van der Waals surface area contributed by atoms with E-state index in [1.54, 1.807) is 11.3 Å². The number of hydrogen-bond acceptors (Lipinski definition) is 4. The van der Waals surface area contributed by atoms with Crippen molar-refractivity contribution in [2.75, 3.05) is 0 Å². The summed E-state index contributed by atoms with van der Waals surface area (Å²) in [7, 11) is 0. The van der Waals surface area contributed by atoms with E-state index in [4.69, 9.17) is 33.3 Å². The summed E-state index contributed by atoms with van der Waals surface area (Å²) >= 11 is 16.0. The highest BCUT2D eigenvalue weighted by Crippen LogP contribution is 2.42. The van der Waals surface area contributed by atoms with Gasteiger partial charge in [0, 0.05) is 16.4 Å². The van der Waals surface area contributed by atoms with Gasteiger partial charge in [-0.1, -0.05) is 92.1 Å². The molecule has 0 N–H and O–H groups in total. The van der Waals surface area contributed by atoms with Crippen LogP contribution in [-0.4, -0.2) is 20.0 Å². The van der Waals surface area contributed by atoms with Gasteiger partial charge < -0.3 is 0 Å². The zero-order valence-corrected chi connectivity index (χ0v) is 24.4. The Morgan fingerprint density at radius 2 is 1.69 bits per heavy atom. The smallest absolute Gasteiger partial charge is 0.212 e. The molecule has 0 saturated carbocycles. The van der Waals surface area contributed by atoms with Crippen molar-refractivity contribution < 1.29 is 0 Å². The second-order valence-corrected chi connectivity index (χ2v) is 13.3. The van der Waals surface area contributed by atoms with Gasteiger partial charge in [-0.05, 0) is 56.4 Å². The zero-order valence-electron chi connectivity index (χ0n) is 21.2. The maximum Gasteiger partial charge on any atom is 0.212 e. The standard InChI is InChI=1S/C28H31Cl2N3S2/c1-15(2)10-20-11-17(5)12-22(13-20)25-18(6)32-33(19(25)7)28-31-26(27(35-28)34-16(3)4)21-8-9-23(29)24(30)14-21/h8-9,11-16H,10H2,1-7H3. The molecule has 0 radical (unpaired) electrons. The molecule has 7 heteroatoms. The minimum Gasteiger partial charge on any atom is -0.217 e. The SMILES string of the molecule is Cc1cc(CC(C)C)cc(-c2c(C)nn(-c3nc(-c4ccc(Cl)c(Cl)c4)c(SC(C)C)s3)c2C)c1. The van der Waals surface area contributed by atoms with Crippen LogP contribution in [-0.2, 0) is 6.42 Å². The first-order valence-corrected chi connectivity index (χ1v) is 14.3. The average Bonchev–Trinajstić information content (AvgIpc) is 3.28. The minimum absolute atomic E-state index is 0.424. The van der Waals surface area contributed by atoms with Crippen molar-refractivity contribution in [1.29, 1.82) is 0 Å². The van der Waals surface area contributed by atoms with Crippen molar-refractivity contribution in [2.24, 2.45) is 5.92 Å². The maximum absolute atomic E-state index is 6.34. The third-order valence-corrected chi connectivity index (χ3v) is 8.64. The summed E-state index contributed by atoms with van der Waals surface area (Å²) in [5.74, 6) is 0.613.